The Morgan fingerprint density at radius 3 is 2.46 bits per heavy atom. The molecule has 1 aromatic carbocycles. The first-order chi connectivity index (χ1) is 12.2. The summed E-state index contributed by atoms with van der Waals surface area (Å²) < 4.78 is 45.6. The Bertz CT molecular complexity index is 685. The van der Waals surface area contributed by atoms with Gasteiger partial charge in [0.15, 0.2) is 6.10 Å². The summed E-state index contributed by atoms with van der Waals surface area (Å²) in [6.07, 6.45) is -4.04. The zero-order valence-electron chi connectivity index (χ0n) is 13.8. The van der Waals surface area contributed by atoms with E-state index >= 15 is 0 Å². The van der Waals surface area contributed by atoms with Gasteiger partial charge in [0.2, 0.25) is 5.91 Å². The van der Waals surface area contributed by atoms with E-state index in [0.29, 0.717) is 25.8 Å². The second-order valence-corrected chi connectivity index (χ2v) is 6.60. The fourth-order valence-corrected chi connectivity index (χ4v) is 3.14. The first kappa shape index (κ1) is 18.5. The maximum atomic E-state index is 12.8. The lowest BCUT2D eigenvalue weighted by molar-refractivity contribution is -0.274. The molecule has 0 spiro atoms. The first-order valence-electron chi connectivity index (χ1n) is 8.17. The van der Waals surface area contributed by atoms with Crippen molar-refractivity contribution in [3.05, 3.63) is 29.8 Å². The highest BCUT2D eigenvalue weighted by atomic mass is 19.4. The molecule has 1 amide bonds. The third kappa shape index (κ3) is 4.27. The minimum absolute atomic E-state index is 0.00821. The monoisotopic (exact) mass is 373 g/mol. The number of rotatable bonds is 5. The van der Waals surface area contributed by atoms with Crippen molar-refractivity contribution < 1.29 is 37.3 Å². The Morgan fingerprint density at radius 2 is 1.92 bits per heavy atom. The molecule has 1 saturated heterocycles. The van der Waals surface area contributed by atoms with Crippen LogP contribution >= 0.6 is 0 Å². The van der Waals surface area contributed by atoms with Gasteiger partial charge in [-0.15, -0.1) is 13.2 Å². The summed E-state index contributed by atoms with van der Waals surface area (Å²) in [5.74, 6) is -1.54. The van der Waals surface area contributed by atoms with Crippen molar-refractivity contribution in [1.82, 2.24) is 4.90 Å². The van der Waals surface area contributed by atoms with Crippen LogP contribution < -0.4 is 4.74 Å². The molecule has 1 saturated carbocycles. The van der Waals surface area contributed by atoms with Crippen molar-refractivity contribution in [3.8, 4) is 5.75 Å². The minimum Gasteiger partial charge on any atom is -0.479 e. The van der Waals surface area contributed by atoms with Crippen LogP contribution in [-0.2, 0) is 20.7 Å². The van der Waals surface area contributed by atoms with E-state index in [0.717, 1.165) is 5.56 Å². The molecule has 1 atom stereocenters. The standard InChI is InChI=1S/C17H18F3NO5/c18-17(19,20)26-12-3-1-11(2-4-12)9-16(5-6-16)15(24)21-7-8-25-13(10-21)14(22)23/h1-4,13H,5-10H2,(H,22,23). The normalized spacial score (nSPS) is 22.0. The number of aliphatic carboxylic acids is 1. The van der Waals surface area contributed by atoms with Crippen molar-refractivity contribution in [1.29, 1.82) is 0 Å². The number of ether oxygens (including phenoxy) is 2. The van der Waals surface area contributed by atoms with Gasteiger partial charge in [0.25, 0.3) is 0 Å². The number of hydrogen-bond acceptors (Lipinski definition) is 4. The van der Waals surface area contributed by atoms with Gasteiger partial charge in [0.1, 0.15) is 5.75 Å². The van der Waals surface area contributed by atoms with Crippen LogP contribution in [0.5, 0.6) is 5.75 Å². The van der Waals surface area contributed by atoms with Crippen LogP contribution in [-0.4, -0.2) is 54.0 Å². The zero-order valence-corrected chi connectivity index (χ0v) is 13.8. The van der Waals surface area contributed by atoms with Crippen LogP contribution in [0.1, 0.15) is 18.4 Å². The summed E-state index contributed by atoms with van der Waals surface area (Å²) in [6, 6.07) is 5.46. The molecule has 1 aliphatic carbocycles. The molecule has 3 rings (SSSR count). The topological polar surface area (TPSA) is 76.1 Å². The van der Waals surface area contributed by atoms with Crippen LogP contribution in [0.2, 0.25) is 0 Å². The Balaban J connectivity index is 1.64. The van der Waals surface area contributed by atoms with Crippen LogP contribution in [0.25, 0.3) is 0 Å². The number of halogens is 3. The van der Waals surface area contributed by atoms with Crippen LogP contribution in [0.4, 0.5) is 13.2 Å². The molecule has 2 fully saturated rings. The second-order valence-electron chi connectivity index (χ2n) is 6.60. The SMILES string of the molecule is O=C(O)C1CN(C(=O)C2(Cc3ccc(OC(F)(F)F)cc3)CC2)CCO1. The van der Waals surface area contributed by atoms with Gasteiger partial charge in [0.05, 0.1) is 18.6 Å². The lowest BCUT2D eigenvalue weighted by Gasteiger charge is -2.33. The Hall–Kier alpha value is -2.29. The Morgan fingerprint density at radius 1 is 1.27 bits per heavy atom. The number of benzene rings is 1. The van der Waals surface area contributed by atoms with E-state index in [-0.39, 0.29) is 24.8 Å². The van der Waals surface area contributed by atoms with Gasteiger partial charge in [0, 0.05) is 6.54 Å². The molecule has 9 heteroatoms. The highest BCUT2D eigenvalue weighted by Crippen LogP contribution is 2.50. The van der Waals surface area contributed by atoms with E-state index in [9.17, 15) is 22.8 Å². The molecular weight excluding hydrogens is 355 g/mol. The van der Waals surface area contributed by atoms with Gasteiger partial charge in [-0.3, -0.25) is 4.79 Å². The quantitative estimate of drug-likeness (QED) is 0.857. The van der Waals surface area contributed by atoms with E-state index in [1.165, 1.54) is 29.2 Å². The Labute approximate surface area is 147 Å². The number of amides is 1. The largest absolute Gasteiger partial charge is 0.573 e. The molecular formula is C17H18F3NO5. The summed E-state index contributed by atoms with van der Waals surface area (Å²) in [5, 5.41) is 9.04. The number of nitrogens with zero attached hydrogens (tertiary/aromatic N) is 1. The van der Waals surface area contributed by atoms with Crippen LogP contribution in [0, 0.1) is 5.41 Å². The van der Waals surface area contributed by atoms with Gasteiger partial charge < -0.3 is 19.5 Å². The molecule has 142 valence electrons. The summed E-state index contributed by atoms with van der Waals surface area (Å²) in [4.78, 5) is 25.4. The van der Waals surface area contributed by atoms with E-state index in [1.54, 1.807) is 0 Å². The molecule has 1 aromatic rings. The number of alkyl halides is 3. The average Bonchev–Trinajstić information content (AvgIpc) is 3.35. The fraction of sp³-hybridized carbons (Fsp3) is 0.529. The van der Waals surface area contributed by atoms with Gasteiger partial charge in [-0.25, -0.2) is 4.79 Å². The van der Waals surface area contributed by atoms with E-state index < -0.39 is 23.9 Å². The highest BCUT2D eigenvalue weighted by molar-refractivity contribution is 5.86. The maximum absolute atomic E-state index is 12.8. The summed E-state index contributed by atoms with van der Waals surface area (Å²) in [6.45, 7) is 0.513. The number of carboxylic acids is 1. The molecule has 6 nitrogen and oxygen atoms in total. The van der Waals surface area contributed by atoms with E-state index in [1.807, 2.05) is 0 Å². The average molecular weight is 373 g/mol. The molecule has 1 unspecified atom stereocenters. The van der Waals surface area contributed by atoms with Crippen molar-refractivity contribution in [3.63, 3.8) is 0 Å². The summed E-state index contributed by atoms with van der Waals surface area (Å²) in [5.41, 5.74) is 0.126. The molecule has 1 heterocycles. The summed E-state index contributed by atoms with van der Waals surface area (Å²) >= 11 is 0. The van der Waals surface area contributed by atoms with Gasteiger partial charge >= 0.3 is 12.3 Å². The maximum Gasteiger partial charge on any atom is 0.573 e. The van der Waals surface area contributed by atoms with Crippen molar-refractivity contribution in [2.45, 2.75) is 31.7 Å². The van der Waals surface area contributed by atoms with Crippen molar-refractivity contribution in [2.75, 3.05) is 19.7 Å². The van der Waals surface area contributed by atoms with Crippen LogP contribution in [0.3, 0.4) is 0 Å². The smallest absolute Gasteiger partial charge is 0.479 e. The van der Waals surface area contributed by atoms with E-state index in [2.05, 4.69) is 4.74 Å². The number of carboxylic acid groups (broad SMARTS) is 1. The predicted molar refractivity (Wildman–Crippen MR) is 82.5 cm³/mol. The second kappa shape index (κ2) is 6.79. The number of carbonyl (C=O) groups is 2. The third-order valence-electron chi connectivity index (χ3n) is 4.64. The molecule has 2 aliphatic rings. The third-order valence-corrected chi connectivity index (χ3v) is 4.64. The lowest BCUT2D eigenvalue weighted by Crippen LogP contribution is -2.51. The highest BCUT2D eigenvalue weighted by Gasteiger charge is 2.52. The number of carbonyl (C=O) groups excluding carboxylic acids is 1. The fourth-order valence-electron chi connectivity index (χ4n) is 3.14. The lowest BCUT2D eigenvalue weighted by atomic mass is 9.94. The molecule has 0 radical (unpaired) electrons. The number of morpholine rings is 1. The van der Waals surface area contributed by atoms with Gasteiger partial charge in [-0.2, -0.15) is 0 Å². The molecule has 0 aromatic heterocycles. The van der Waals surface area contributed by atoms with Gasteiger partial charge in [-0.1, -0.05) is 12.1 Å². The molecule has 1 N–H and O–H groups in total. The Kier molecular flexibility index (Phi) is 4.83. The predicted octanol–water partition coefficient (Wildman–Crippen LogP) is 2.22. The van der Waals surface area contributed by atoms with E-state index in [4.69, 9.17) is 9.84 Å². The molecule has 26 heavy (non-hydrogen) atoms. The molecule has 1 aliphatic heterocycles. The van der Waals surface area contributed by atoms with Gasteiger partial charge in [-0.05, 0) is 37.0 Å². The minimum atomic E-state index is -4.74. The van der Waals surface area contributed by atoms with Crippen LogP contribution in [0.15, 0.2) is 24.3 Å². The molecule has 0 bridgehead atoms. The van der Waals surface area contributed by atoms with Crippen molar-refractivity contribution in [2.24, 2.45) is 5.41 Å². The zero-order chi connectivity index (χ0) is 18.9. The number of hydrogen-bond donors (Lipinski definition) is 1. The van der Waals surface area contributed by atoms with Crippen molar-refractivity contribution >= 4 is 11.9 Å². The first-order valence-corrected chi connectivity index (χ1v) is 8.17. The summed E-state index contributed by atoms with van der Waals surface area (Å²) in [7, 11) is 0.